The van der Waals surface area contributed by atoms with Gasteiger partial charge in [-0.25, -0.2) is 4.98 Å². The van der Waals surface area contributed by atoms with E-state index in [1.165, 1.54) is 16.7 Å². The minimum atomic E-state index is 0.592. The van der Waals surface area contributed by atoms with Crippen LogP contribution in [-0.4, -0.2) is 27.2 Å². The fourth-order valence-electron chi connectivity index (χ4n) is 2.37. The summed E-state index contributed by atoms with van der Waals surface area (Å²) in [6.07, 6.45) is 1.78. The number of benzene rings is 1. The fourth-order valence-corrected chi connectivity index (χ4v) is 2.37. The van der Waals surface area contributed by atoms with Crippen LogP contribution < -0.4 is 5.32 Å². The molecule has 3 rings (SSSR count). The van der Waals surface area contributed by atoms with Crippen molar-refractivity contribution in [2.24, 2.45) is 0 Å². The monoisotopic (exact) mass is 267 g/mol. The maximum absolute atomic E-state index is 4.61. The number of H-pyrrole nitrogens is 1. The fraction of sp³-hybridized carbons (Fsp3) is 0.267. The molecule has 0 bridgehead atoms. The van der Waals surface area contributed by atoms with Crippen LogP contribution in [0.4, 0.5) is 5.95 Å². The molecule has 0 saturated heterocycles. The van der Waals surface area contributed by atoms with Crippen molar-refractivity contribution in [3.8, 4) is 11.3 Å². The summed E-state index contributed by atoms with van der Waals surface area (Å²) in [6, 6.07) is 4.37. The number of hydrogen-bond donors (Lipinski definition) is 2. The van der Waals surface area contributed by atoms with Gasteiger partial charge < -0.3 is 5.32 Å². The Balaban J connectivity index is 2.33. The Morgan fingerprint density at radius 2 is 1.75 bits per heavy atom. The Hall–Kier alpha value is -2.43. The van der Waals surface area contributed by atoms with Crippen LogP contribution in [0.3, 0.4) is 0 Å². The van der Waals surface area contributed by atoms with E-state index in [0.29, 0.717) is 5.95 Å². The van der Waals surface area contributed by atoms with Gasteiger partial charge in [0.25, 0.3) is 0 Å². The summed E-state index contributed by atoms with van der Waals surface area (Å²) < 4.78 is 0. The van der Waals surface area contributed by atoms with Crippen LogP contribution >= 0.6 is 0 Å². The first-order valence-corrected chi connectivity index (χ1v) is 6.57. The molecular formula is C15H17N5. The standard InChI is InChI=1S/C15H17N5/c1-8-5-10(3)11(6-9(8)2)13-12-7-17-20-14(12)19-15(16-4)18-13/h5-7H,1-4H3,(H2,16,17,18,19,20). The number of aromatic nitrogens is 4. The summed E-state index contributed by atoms with van der Waals surface area (Å²) in [5, 5.41) is 10.9. The molecule has 0 unspecified atom stereocenters. The Morgan fingerprint density at radius 1 is 1.00 bits per heavy atom. The molecule has 5 heteroatoms. The zero-order valence-electron chi connectivity index (χ0n) is 12.1. The van der Waals surface area contributed by atoms with Crippen LogP contribution in [0.15, 0.2) is 18.3 Å². The van der Waals surface area contributed by atoms with Crippen molar-refractivity contribution in [1.82, 2.24) is 20.2 Å². The number of fused-ring (bicyclic) bond motifs is 1. The van der Waals surface area contributed by atoms with Gasteiger partial charge in [0, 0.05) is 12.6 Å². The molecule has 0 atom stereocenters. The summed E-state index contributed by atoms with van der Waals surface area (Å²) in [6.45, 7) is 6.35. The number of nitrogens with one attached hydrogen (secondary N) is 2. The molecule has 0 aliphatic carbocycles. The van der Waals surface area contributed by atoms with E-state index in [-0.39, 0.29) is 0 Å². The SMILES string of the molecule is CNc1nc(-c2cc(C)c(C)cc2C)c2cn[nH]c2n1. The quantitative estimate of drug-likeness (QED) is 0.749. The predicted molar refractivity (Wildman–Crippen MR) is 80.9 cm³/mol. The molecule has 0 spiro atoms. The van der Waals surface area contributed by atoms with Crippen LogP contribution in [0.5, 0.6) is 0 Å². The van der Waals surface area contributed by atoms with Crippen molar-refractivity contribution in [3.05, 3.63) is 35.0 Å². The molecule has 0 aliphatic rings. The lowest BCUT2D eigenvalue weighted by atomic mass is 9.97. The van der Waals surface area contributed by atoms with Gasteiger partial charge in [0.15, 0.2) is 5.65 Å². The Kier molecular flexibility index (Phi) is 2.89. The molecular weight excluding hydrogens is 250 g/mol. The summed E-state index contributed by atoms with van der Waals surface area (Å²) in [5.74, 6) is 0.592. The highest BCUT2D eigenvalue weighted by molar-refractivity contribution is 5.91. The van der Waals surface area contributed by atoms with Crippen LogP contribution in [-0.2, 0) is 0 Å². The molecule has 0 aliphatic heterocycles. The minimum Gasteiger partial charge on any atom is -0.357 e. The van der Waals surface area contributed by atoms with Crippen molar-refractivity contribution in [1.29, 1.82) is 0 Å². The molecule has 102 valence electrons. The van der Waals surface area contributed by atoms with Crippen molar-refractivity contribution >= 4 is 17.0 Å². The topological polar surface area (TPSA) is 66.5 Å². The Labute approximate surface area is 117 Å². The summed E-state index contributed by atoms with van der Waals surface area (Å²) in [7, 11) is 1.81. The number of hydrogen-bond acceptors (Lipinski definition) is 4. The van der Waals surface area contributed by atoms with Gasteiger partial charge in [-0.05, 0) is 43.5 Å². The number of nitrogens with zero attached hydrogens (tertiary/aromatic N) is 3. The van der Waals surface area contributed by atoms with Gasteiger partial charge in [-0.1, -0.05) is 6.07 Å². The summed E-state index contributed by atoms with van der Waals surface area (Å²) in [4.78, 5) is 8.98. The highest BCUT2D eigenvalue weighted by Crippen LogP contribution is 2.30. The Bertz CT molecular complexity index is 788. The third-order valence-corrected chi connectivity index (χ3v) is 3.63. The third kappa shape index (κ3) is 1.91. The average molecular weight is 267 g/mol. The molecule has 0 saturated carbocycles. The predicted octanol–water partition coefficient (Wildman–Crippen LogP) is 2.99. The molecule has 2 heterocycles. The second-order valence-electron chi connectivity index (χ2n) is 5.03. The first kappa shape index (κ1) is 12.6. The van der Waals surface area contributed by atoms with Crippen molar-refractivity contribution in [2.45, 2.75) is 20.8 Å². The van der Waals surface area contributed by atoms with Crippen LogP contribution in [0, 0.1) is 20.8 Å². The molecule has 2 N–H and O–H groups in total. The first-order valence-electron chi connectivity index (χ1n) is 6.57. The number of aryl methyl sites for hydroxylation is 3. The zero-order chi connectivity index (χ0) is 14.3. The zero-order valence-corrected chi connectivity index (χ0v) is 12.1. The van der Waals surface area contributed by atoms with Crippen molar-refractivity contribution in [3.63, 3.8) is 0 Å². The van der Waals surface area contributed by atoms with E-state index in [1.54, 1.807) is 6.20 Å². The van der Waals surface area contributed by atoms with Crippen LogP contribution in [0.2, 0.25) is 0 Å². The van der Waals surface area contributed by atoms with E-state index in [2.05, 4.69) is 58.4 Å². The highest BCUT2D eigenvalue weighted by Gasteiger charge is 2.13. The minimum absolute atomic E-state index is 0.592. The molecule has 1 aromatic carbocycles. The highest BCUT2D eigenvalue weighted by atomic mass is 15.2. The summed E-state index contributed by atoms with van der Waals surface area (Å²) >= 11 is 0. The van der Waals surface area contributed by atoms with E-state index in [1.807, 2.05) is 7.05 Å². The average Bonchev–Trinajstić information content (AvgIpc) is 2.90. The smallest absolute Gasteiger partial charge is 0.225 e. The first-order chi connectivity index (χ1) is 9.60. The maximum Gasteiger partial charge on any atom is 0.225 e. The van der Waals surface area contributed by atoms with E-state index in [0.717, 1.165) is 22.3 Å². The normalized spacial score (nSPS) is 11.0. The van der Waals surface area contributed by atoms with Crippen molar-refractivity contribution in [2.75, 3.05) is 12.4 Å². The number of aromatic amines is 1. The Morgan fingerprint density at radius 3 is 2.50 bits per heavy atom. The molecule has 5 nitrogen and oxygen atoms in total. The molecule has 20 heavy (non-hydrogen) atoms. The molecule has 0 amide bonds. The van der Waals surface area contributed by atoms with E-state index < -0.39 is 0 Å². The van der Waals surface area contributed by atoms with Gasteiger partial charge in [-0.15, -0.1) is 0 Å². The van der Waals surface area contributed by atoms with Gasteiger partial charge in [0.2, 0.25) is 5.95 Å². The van der Waals surface area contributed by atoms with Gasteiger partial charge in [0.05, 0.1) is 17.3 Å². The maximum atomic E-state index is 4.61. The van der Waals surface area contributed by atoms with Gasteiger partial charge in [-0.3, -0.25) is 5.10 Å². The lowest BCUT2D eigenvalue weighted by Gasteiger charge is -2.11. The molecule has 0 radical (unpaired) electrons. The molecule has 0 fully saturated rings. The third-order valence-electron chi connectivity index (χ3n) is 3.63. The molecule has 3 aromatic rings. The van der Waals surface area contributed by atoms with Gasteiger partial charge in [-0.2, -0.15) is 10.1 Å². The second-order valence-corrected chi connectivity index (χ2v) is 5.03. The van der Waals surface area contributed by atoms with Crippen molar-refractivity contribution < 1.29 is 0 Å². The lowest BCUT2D eigenvalue weighted by Crippen LogP contribution is -2.00. The van der Waals surface area contributed by atoms with E-state index in [4.69, 9.17) is 0 Å². The van der Waals surface area contributed by atoms with Crippen LogP contribution in [0.1, 0.15) is 16.7 Å². The van der Waals surface area contributed by atoms with E-state index >= 15 is 0 Å². The molecule has 2 aromatic heterocycles. The summed E-state index contributed by atoms with van der Waals surface area (Å²) in [5.41, 5.74) is 6.53. The van der Waals surface area contributed by atoms with Crippen LogP contribution in [0.25, 0.3) is 22.3 Å². The largest absolute Gasteiger partial charge is 0.357 e. The van der Waals surface area contributed by atoms with Gasteiger partial charge >= 0.3 is 0 Å². The van der Waals surface area contributed by atoms with E-state index in [9.17, 15) is 0 Å². The number of anilines is 1. The second kappa shape index (κ2) is 4.59. The number of rotatable bonds is 2. The lowest BCUT2D eigenvalue weighted by molar-refractivity contribution is 1.09. The van der Waals surface area contributed by atoms with Gasteiger partial charge in [0.1, 0.15) is 0 Å².